The fourth-order valence-electron chi connectivity index (χ4n) is 2.12. The van der Waals surface area contributed by atoms with Crippen molar-refractivity contribution >= 4 is 11.8 Å². The number of amides is 1. The average molecular weight is 287 g/mol. The number of carbonyl (C=O) groups is 1. The van der Waals surface area contributed by atoms with Crippen molar-refractivity contribution in [2.45, 2.75) is 26.8 Å². The zero-order valence-corrected chi connectivity index (χ0v) is 12.9. The van der Waals surface area contributed by atoms with E-state index in [9.17, 15) is 4.79 Å². The van der Waals surface area contributed by atoms with Crippen LogP contribution in [-0.4, -0.2) is 30.1 Å². The Balaban J connectivity index is 2.07. The molecule has 2 rings (SSSR count). The molecule has 112 valence electrons. The maximum absolute atomic E-state index is 12.2. The van der Waals surface area contributed by atoms with Gasteiger partial charge in [0.15, 0.2) is 0 Å². The van der Waals surface area contributed by atoms with Crippen molar-refractivity contribution in [1.29, 1.82) is 0 Å². The fraction of sp³-hybridized carbons (Fsp3) is 0.375. The van der Waals surface area contributed by atoms with Gasteiger partial charge in [0.05, 0.1) is 5.69 Å². The molecular formula is C16H21N3O2. The number of aromatic nitrogens is 1. The van der Waals surface area contributed by atoms with E-state index in [0.29, 0.717) is 11.4 Å². The van der Waals surface area contributed by atoms with Crippen molar-refractivity contribution < 1.29 is 9.32 Å². The maximum atomic E-state index is 12.2. The Kier molecular flexibility index (Phi) is 4.75. The van der Waals surface area contributed by atoms with E-state index in [1.807, 2.05) is 52.2 Å². The largest absolute Gasteiger partial charge is 0.338 e. The summed E-state index contributed by atoms with van der Waals surface area (Å²) in [6.45, 7) is 4.74. The first-order chi connectivity index (χ1) is 10.0. The molecule has 21 heavy (non-hydrogen) atoms. The van der Waals surface area contributed by atoms with Crippen molar-refractivity contribution in [2.75, 3.05) is 19.4 Å². The molecule has 1 amide bonds. The van der Waals surface area contributed by atoms with Crippen LogP contribution >= 0.6 is 0 Å². The standard InChI is InChI=1S/C16H21N3O2/c1-5-14-11(2)16(21-18-14)17-15(20)13-8-6-12(7-9-13)10-19(3)4/h6-9H,5,10H2,1-4H3,(H,17,20). The van der Waals surface area contributed by atoms with Crippen LogP contribution in [0.15, 0.2) is 28.8 Å². The van der Waals surface area contributed by atoms with Crippen LogP contribution in [-0.2, 0) is 13.0 Å². The molecular weight excluding hydrogens is 266 g/mol. The van der Waals surface area contributed by atoms with Gasteiger partial charge in [0.1, 0.15) is 0 Å². The first kappa shape index (κ1) is 15.3. The van der Waals surface area contributed by atoms with E-state index in [0.717, 1.165) is 24.2 Å². The number of aryl methyl sites for hydroxylation is 1. The Bertz CT molecular complexity index is 615. The predicted octanol–water partition coefficient (Wildman–Crippen LogP) is 2.86. The molecule has 0 saturated heterocycles. The highest BCUT2D eigenvalue weighted by atomic mass is 16.5. The number of carbonyl (C=O) groups excluding carboxylic acids is 1. The molecule has 0 aliphatic rings. The van der Waals surface area contributed by atoms with Gasteiger partial charge in [-0.05, 0) is 45.1 Å². The number of hydrogen-bond acceptors (Lipinski definition) is 4. The molecule has 5 nitrogen and oxygen atoms in total. The molecule has 5 heteroatoms. The zero-order chi connectivity index (χ0) is 15.4. The Morgan fingerprint density at radius 1 is 1.29 bits per heavy atom. The molecule has 0 aliphatic carbocycles. The van der Waals surface area contributed by atoms with Crippen LogP contribution < -0.4 is 5.32 Å². The van der Waals surface area contributed by atoms with Gasteiger partial charge < -0.3 is 9.42 Å². The number of hydrogen-bond donors (Lipinski definition) is 1. The van der Waals surface area contributed by atoms with Crippen LogP contribution in [0.3, 0.4) is 0 Å². The first-order valence-corrected chi connectivity index (χ1v) is 7.01. The Morgan fingerprint density at radius 3 is 2.48 bits per heavy atom. The smallest absolute Gasteiger partial charge is 0.258 e. The van der Waals surface area contributed by atoms with Crippen LogP contribution in [0.25, 0.3) is 0 Å². The van der Waals surface area contributed by atoms with Crippen molar-refractivity contribution in [3.8, 4) is 0 Å². The summed E-state index contributed by atoms with van der Waals surface area (Å²) in [6, 6.07) is 7.56. The van der Waals surface area contributed by atoms with Gasteiger partial charge in [0.2, 0.25) is 5.88 Å². The fourth-order valence-corrected chi connectivity index (χ4v) is 2.12. The second-order valence-electron chi connectivity index (χ2n) is 5.33. The minimum atomic E-state index is -0.187. The molecule has 0 spiro atoms. The van der Waals surface area contributed by atoms with Crippen molar-refractivity contribution in [2.24, 2.45) is 0 Å². The maximum Gasteiger partial charge on any atom is 0.258 e. The normalized spacial score (nSPS) is 10.9. The van der Waals surface area contributed by atoms with Gasteiger partial charge in [-0.1, -0.05) is 24.2 Å². The van der Waals surface area contributed by atoms with E-state index in [4.69, 9.17) is 4.52 Å². The first-order valence-electron chi connectivity index (χ1n) is 7.01. The van der Waals surface area contributed by atoms with Gasteiger partial charge in [-0.2, -0.15) is 0 Å². The number of nitrogens with zero attached hydrogens (tertiary/aromatic N) is 2. The van der Waals surface area contributed by atoms with Crippen LogP contribution in [0.1, 0.15) is 34.1 Å². The van der Waals surface area contributed by atoms with E-state index in [2.05, 4.69) is 15.4 Å². The highest BCUT2D eigenvalue weighted by Crippen LogP contribution is 2.19. The van der Waals surface area contributed by atoms with Gasteiger partial charge in [-0.15, -0.1) is 0 Å². The van der Waals surface area contributed by atoms with Gasteiger partial charge in [-0.3, -0.25) is 10.1 Å². The Hall–Kier alpha value is -2.14. The van der Waals surface area contributed by atoms with Crippen LogP contribution in [0.5, 0.6) is 0 Å². The molecule has 2 aromatic rings. The van der Waals surface area contributed by atoms with E-state index in [1.54, 1.807) is 0 Å². The number of anilines is 1. The summed E-state index contributed by atoms with van der Waals surface area (Å²) in [4.78, 5) is 14.3. The molecule has 1 aromatic carbocycles. The Labute approximate surface area is 124 Å². The summed E-state index contributed by atoms with van der Waals surface area (Å²) in [5.74, 6) is 0.238. The molecule has 0 unspecified atom stereocenters. The molecule has 0 aliphatic heterocycles. The number of rotatable bonds is 5. The second-order valence-corrected chi connectivity index (χ2v) is 5.33. The summed E-state index contributed by atoms with van der Waals surface area (Å²) < 4.78 is 5.17. The average Bonchev–Trinajstić information content (AvgIpc) is 2.79. The van der Waals surface area contributed by atoms with Crippen molar-refractivity contribution in [1.82, 2.24) is 10.1 Å². The van der Waals surface area contributed by atoms with E-state index >= 15 is 0 Å². The molecule has 0 radical (unpaired) electrons. The lowest BCUT2D eigenvalue weighted by Crippen LogP contribution is -2.13. The Morgan fingerprint density at radius 2 is 1.95 bits per heavy atom. The number of benzene rings is 1. The lowest BCUT2D eigenvalue weighted by Gasteiger charge is -2.10. The molecule has 1 aromatic heterocycles. The predicted molar refractivity (Wildman–Crippen MR) is 82.4 cm³/mol. The summed E-state index contributed by atoms with van der Waals surface area (Å²) in [6.07, 6.45) is 0.782. The minimum absolute atomic E-state index is 0.187. The van der Waals surface area contributed by atoms with Gasteiger partial charge >= 0.3 is 0 Å². The summed E-state index contributed by atoms with van der Waals surface area (Å²) in [7, 11) is 4.03. The lowest BCUT2D eigenvalue weighted by atomic mass is 10.1. The van der Waals surface area contributed by atoms with E-state index in [1.165, 1.54) is 5.56 Å². The topological polar surface area (TPSA) is 58.4 Å². The zero-order valence-electron chi connectivity index (χ0n) is 12.9. The highest BCUT2D eigenvalue weighted by Gasteiger charge is 2.14. The molecule has 1 heterocycles. The molecule has 0 saturated carbocycles. The van der Waals surface area contributed by atoms with Crippen molar-refractivity contribution in [3.05, 3.63) is 46.6 Å². The second kappa shape index (κ2) is 6.54. The third-order valence-corrected chi connectivity index (χ3v) is 3.30. The van der Waals surface area contributed by atoms with Crippen LogP contribution in [0.2, 0.25) is 0 Å². The van der Waals surface area contributed by atoms with Crippen LogP contribution in [0.4, 0.5) is 5.88 Å². The quantitative estimate of drug-likeness (QED) is 0.918. The van der Waals surface area contributed by atoms with Crippen LogP contribution in [0, 0.1) is 6.92 Å². The van der Waals surface area contributed by atoms with E-state index < -0.39 is 0 Å². The van der Waals surface area contributed by atoms with Crippen molar-refractivity contribution in [3.63, 3.8) is 0 Å². The van der Waals surface area contributed by atoms with Gasteiger partial charge in [0, 0.05) is 17.7 Å². The lowest BCUT2D eigenvalue weighted by molar-refractivity contribution is 0.102. The third-order valence-electron chi connectivity index (χ3n) is 3.30. The summed E-state index contributed by atoms with van der Waals surface area (Å²) in [5.41, 5.74) is 3.52. The summed E-state index contributed by atoms with van der Waals surface area (Å²) in [5, 5.41) is 6.70. The molecule has 0 bridgehead atoms. The van der Waals surface area contributed by atoms with Gasteiger partial charge in [-0.25, -0.2) is 0 Å². The third kappa shape index (κ3) is 3.70. The summed E-state index contributed by atoms with van der Waals surface area (Å²) >= 11 is 0. The molecule has 0 fully saturated rings. The van der Waals surface area contributed by atoms with Gasteiger partial charge in [0.25, 0.3) is 5.91 Å². The minimum Gasteiger partial charge on any atom is -0.338 e. The van der Waals surface area contributed by atoms with E-state index in [-0.39, 0.29) is 5.91 Å². The molecule has 1 N–H and O–H groups in total. The molecule has 0 atom stereocenters. The monoisotopic (exact) mass is 287 g/mol. The highest BCUT2D eigenvalue weighted by molar-refractivity contribution is 6.03. The number of nitrogens with one attached hydrogen (secondary N) is 1. The SMILES string of the molecule is CCc1noc(NC(=O)c2ccc(CN(C)C)cc2)c1C.